The molecule has 1 saturated carbocycles. The highest BCUT2D eigenvalue weighted by Gasteiger charge is 2.16. The quantitative estimate of drug-likeness (QED) is 0.834. The number of aromatic nitrogens is 1. The number of hydrogen-bond acceptors (Lipinski definition) is 2. The highest BCUT2D eigenvalue weighted by atomic mass is 16.2. The van der Waals surface area contributed by atoms with E-state index >= 15 is 0 Å². The van der Waals surface area contributed by atoms with Gasteiger partial charge >= 0.3 is 6.03 Å². The maximum atomic E-state index is 11.5. The minimum atomic E-state index is -0.0483. The van der Waals surface area contributed by atoms with E-state index < -0.39 is 0 Å². The van der Waals surface area contributed by atoms with Gasteiger partial charge in [-0.3, -0.25) is 4.98 Å². The lowest BCUT2D eigenvalue weighted by Crippen LogP contribution is -2.41. The minimum Gasteiger partial charge on any atom is -0.338 e. The van der Waals surface area contributed by atoms with Crippen LogP contribution in [0.2, 0.25) is 0 Å². The molecule has 0 aromatic carbocycles. The second-order valence-corrected chi connectivity index (χ2v) is 4.45. The number of hydrogen-bond donors (Lipinski definition) is 2. The molecule has 1 aliphatic rings. The van der Waals surface area contributed by atoms with Crippen molar-refractivity contribution in [2.75, 3.05) is 6.54 Å². The van der Waals surface area contributed by atoms with Gasteiger partial charge in [0, 0.05) is 30.9 Å². The minimum absolute atomic E-state index is 0.0483. The Kier molecular flexibility index (Phi) is 4.36. The molecule has 0 aliphatic heterocycles. The molecule has 1 fully saturated rings. The van der Waals surface area contributed by atoms with Crippen LogP contribution in [0.25, 0.3) is 0 Å². The number of nitrogens with one attached hydrogen (secondary N) is 2. The third-order valence-electron chi connectivity index (χ3n) is 3.08. The van der Waals surface area contributed by atoms with Crippen LogP contribution in [0, 0.1) is 0 Å². The van der Waals surface area contributed by atoms with E-state index in [0.29, 0.717) is 12.6 Å². The Morgan fingerprint density at radius 2 is 2.18 bits per heavy atom. The predicted molar refractivity (Wildman–Crippen MR) is 66.7 cm³/mol. The van der Waals surface area contributed by atoms with E-state index in [4.69, 9.17) is 0 Å². The third-order valence-corrected chi connectivity index (χ3v) is 3.08. The lowest BCUT2D eigenvalue weighted by molar-refractivity contribution is 0.237. The molecule has 1 aromatic rings. The van der Waals surface area contributed by atoms with Crippen LogP contribution in [0.15, 0.2) is 24.4 Å². The van der Waals surface area contributed by atoms with E-state index in [9.17, 15) is 4.79 Å². The Hall–Kier alpha value is -1.58. The van der Waals surface area contributed by atoms with Crippen molar-refractivity contribution in [3.63, 3.8) is 0 Å². The van der Waals surface area contributed by atoms with E-state index in [1.807, 2.05) is 18.2 Å². The Labute approximate surface area is 102 Å². The van der Waals surface area contributed by atoms with Gasteiger partial charge in [0.25, 0.3) is 0 Å². The predicted octanol–water partition coefficient (Wildman–Crippen LogP) is 1.87. The van der Waals surface area contributed by atoms with Crippen LogP contribution in [-0.2, 0) is 6.42 Å². The summed E-state index contributed by atoms with van der Waals surface area (Å²) in [5.41, 5.74) is 1.01. The average Bonchev–Trinajstić information content (AvgIpc) is 2.83. The first-order chi connectivity index (χ1) is 8.34. The third kappa shape index (κ3) is 4.06. The number of pyridine rings is 1. The number of carbonyl (C=O) groups excluding carboxylic acids is 1. The molecule has 0 spiro atoms. The van der Waals surface area contributed by atoms with E-state index in [1.165, 1.54) is 12.8 Å². The number of rotatable bonds is 4. The average molecular weight is 233 g/mol. The molecule has 0 saturated heterocycles. The van der Waals surface area contributed by atoms with Gasteiger partial charge in [0.15, 0.2) is 0 Å². The summed E-state index contributed by atoms with van der Waals surface area (Å²) in [6.45, 7) is 0.634. The standard InChI is InChI=1S/C13H19N3O/c17-13(16-12-6-1-2-7-12)15-10-8-11-5-3-4-9-14-11/h3-5,9,12H,1-2,6-8,10H2,(H2,15,16,17). The van der Waals surface area contributed by atoms with Gasteiger partial charge in [-0.1, -0.05) is 18.9 Å². The smallest absolute Gasteiger partial charge is 0.315 e. The first-order valence-corrected chi connectivity index (χ1v) is 6.29. The molecule has 92 valence electrons. The lowest BCUT2D eigenvalue weighted by Gasteiger charge is -2.12. The Bertz CT molecular complexity index is 347. The molecule has 2 rings (SSSR count). The van der Waals surface area contributed by atoms with Gasteiger partial charge in [-0.15, -0.1) is 0 Å². The van der Waals surface area contributed by atoms with E-state index in [2.05, 4.69) is 15.6 Å². The highest BCUT2D eigenvalue weighted by Crippen LogP contribution is 2.17. The molecule has 0 unspecified atom stereocenters. The zero-order valence-electron chi connectivity index (χ0n) is 9.98. The van der Waals surface area contributed by atoms with Gasteiger partial charge in [-0.2, -0.15) is 0 Å². The van der Waals surface area contributed by atoms with Crippen molar-refractivity contribution in [1.29, 1.82) is 0 Å². The zero-order chi connectivity index (χ0) is 11.9. The Morgan fingerprint density at radius 1 is 1.35 bits per heavy atom. The van der Waals surface area contributed by atoms with Crippen molar-refractivity contribution in [3.05, 3.63) is 30.1 Å². The molecule has 0 bridgehead atoms. The van der Waals surface area contributed by atoms with Crippen LogP contribution in [0.1, 0.15) is 31.4 Å². The fraction of sp³-hybridized carbons (Fsp3) is 0.538. The second kappa shape index (κ2) is 6.23. The maximum absolute atomic E-state index is 11.5. The van der Waals surface area contributed by atoms with Crippen molar-refractivity contribution >= 4 is 6.03 Å². The summed E-state index contributed by atoms with van der Waals surface area (Å²) in [6, 6.07) is 6.15. The van der Waals surface area contributed by atoms with Crippen molar-refractivity contribution in [3.8, 4) is 0 Å². The summed E-state index contributed by atoms with van der Waals surface area (Å²) in [5.74, 6) is 0. The van der Waals surface area contributed by atoms with Crippen molar-refractivity contribution < 1.29 is 4.79 Å². The molecule has 2 N–H and O–H groups in total. The SMILES string of the molecule is O=C(NCCc1ccccn1)NC1CCCC1. The summed E-state index contributed by atoms with van der Waals surface area (Å²) in [4.78, 5) is 15.8. The van der Waals surface area contributed by atoms with Gasteiger partial charge in [0.2, 0.25) is 0 Å². The fourth-order valence-corrected chi connectivity index (χ4v) is 2.16. The van der Waals surface area contributed by atoms with Gasteiger partial charge < -0.3 is 10.6 Å². The number of nitrogens with zero attached hydrogens (tertiary/aromatic N) is 1. The number of amides is 2. The molecule has 2 amide bonds. The molecular formula is C13H19N3O. The molecule has 1 heterocycles. The van der Waals surface area contributed by atoms with Crippen molar-refractivity contribution in [2.45, 2.75) is 38.1 Å². The Morgan fingerprint density at radius 3 is 2.88 bits per heavy atom. The van der Waals surface area contributed by atoms with E-state index in [0.717, 1.165) is 25.0 Å². The van der Waals surface area contributed by atoms with Crippen LogP contribution in [0.4, 0.5) is 4.79 Å². The summed E-state index contributed by atoms with van der Waals surface area (Å²) in [7, 11) is 0. The molecule has 0 atom stereocenters. The van der Waals surface area contributed by atoms with Crippen molar-refractivity contribution in [2.24, 2.45) is 0 Å². The monoisotopic (exact) mass is 233 g/mol. The zero-order valence-corrected chi connectivity index (χ0v) is 9.98. The van der Waals surface area contributed by atoms with Gasteiger partial charge in [0.1, 0.15) is 0 Å². The fourth-order valence-electron chi connectivity index (χ4n) is 2.16. The summed E-state index contributed by atoms with van der Waals surface area (Å²) in [6.07, 6.45) is 7.26. The summed E-state index contributed by atoms with van der Waals surface area (Å²) in [5, 5.41) is 5.86. The van der Waals surface area contributed by atoms with Gasteiger partial charge in [0.05, 0.1) is 0 Å². The lowest BCUT2D eigenvalue weighted by atomic mass is 10.2. The highest BCUT2D eigenvalue weighted by molar-refractivity contribution is 5.74. The van der Waals surface area contributed by atoms with Crippen LogP contribution >= 0.6 is 0 Å². The topological polar surface area (TPSA) is 54.0 Å². The molecule has 4 nitrogen and oxygen atoms in total. The molecule has 1 aromatic heterocycles. The summed E-state index contributed by atoms with van der Waals surface area (Å²) >= 11 is 0. The van der Waals surface area contributed by atoms with Gasteiger partial charge in [-0.25, -0.2) is 4.79 Å². The van der Waals surface area contributed by atoms with Crippen LogP contribution < -0.4 is 10.6 Å². The van der Waals surface area contributed by atoms with E-state index in [-0.39, 0.29) is 6.03 Å². The first kappa shape index (κ1) is 11.9. The molecule has 4 heteroatoms. The van der Waals surface area contributed by atoms with Gasteiger partial charge in [-0.05, 0) is 25.0 Å². The van der Waals surface area contributed by atoms with Crippen LogP contribution in [-0.4, -0.2) is 23.6 Å². The molecule has 0 radical (unpaired) electrons. The number of urea groups is 1. The molecule has 17 heavy (non-hydrogen) atoms. The number of carbonyl (C=O) groups is 1. The van der Waals surface area contributed by atoms with Crippen LogP contribution in [0.3, 0.4) is 0 Å². The van der Waals surface area contributed by atoms with Crippen molar-refractivity contribution in [1.82, 2.24) is 15.6 Å². The second-order valence-electron chi connectivity index (χ2n) is 4.45. The molecular weight excluding hydrogens is 214 g/mol. The largest absolute Gasteiger partial charge is 0.338 e. The molecule has 1 aliphatic carbocycles. The maximum Gasteiger partial charge on any atom is 0.315 e. The normalized spacial score (nSPS) is 15.8. The first-order valence-electron chi connectivity index (χ1n) is 6.29. The van der Waals surface area contributed by atoms with E-state index in [1.54, 1.807) is 6.20 Å². The summed E-state index contributed by atoms with van der Waals surface area (Å²) < 4.78 is 0. The van der Waals surface area contributed by atoms with Crippen LogP contribution in [0.5, 0.6) is 0 Å². The Balaban J connectivity index is 1.63.